The van der Waals surface area contributed by atoms with Crippen LogP contribution in [0.4, 0.5) is 0 Å². The largest absolute Gasteiger partial charge is 0.307 e. The van der Waals surface area contributed by atoms with Crippen LogP contribution in [0.25, 0.3) is 0 Å². The first-order chi connectivity index (χ1) is 7.07. The maximum Gasteiger partial charge on any atom is 0.0388 e. The number of hydrogen-bond donors (Lipinski definition) is 1. The first-order valence-electron chi connectivity index (χ1n) is 5.86. The van der Waals surface area contributed by atoms with Gasteiger partial charge in [-0.05, 0) is 43.0 Å². The molecule has 1 aromatic rings. The van der Waals surface area contributed by atoms with Crippen LogP contribution in [0, 0.1) is 5.41 Å². The van der Waals surface area contributed by atoms with Crippen molar-refractivity contribution in [1.29, 1.82) is 0 Å². The Bertz CT molecular complexity index is 302. The molecule has 1 aliphatic carbocycles. The van der Waals surface area contributed by atoms with Crippen LogP contribution in [0.3, 0.4) is 0 Å². The summed E-state index contributed by atoms with van der Waals surface area (Å²) in [4.78, 5) is 1.46. The third-order valence-corrected chi connectivity index (χ3v) is 4.48. The molecule has 15 heavy (non-hydrogen) atoms. The molecular formula is C13H21NS. The molecule has 2 heteroatoms. The van der Waals surface area contributed by atoms with Crippen molar-refractivity contribution in [3.8, 4) is 0 Å². The molecule has 0 aromatic carbocycles. The van der Waals surface area contributed by atoms with Crippen LogP contribution < -0.4 is 5.32 Å². The number of rotatable bonds is 3. The zero-order valence-corrected chi connectivity index (χ0v) is 10.7. The van der Waals surface area contributed by atoms with E-state index < -0.39 is 0 Å². The lowest BCUT2D eigenvalue weighted by Gasteiger charge is -2.21. The summed E-state index contributed by atoms with van der Waals surface area (Å²) in [7, 11) is 0. The molecule has 1 aliphatic rings. The number of hydrogen-bond acceptors (Lipinski definition) is 2. The van der Waals surface area contributed by atoms with Gasteiger partial charge in [0.2, 0.25) is 0 Å². The fourth-order valence-electron chi connectivity index (χ4n) is 2.55. The molecule has 1 fully saturated rings. The minimum atomic E-state index is 0.518. The van der Waals surface area contributed by atoms with Gasteiger partial charge in [-0.25, -0.2) is 0 Å². The topological polar surface area (TPSA) is 12.0 Å². The molecule has 0 bridgehead atoms. The molecule has 1 unspecified atom stereocenters. The van der Waals surface area contributed by atoms with Gasteiger partial charge in [-0.2, -0.15) is 0 Å². The highest BCUT2D eigenvalue weighted by Gasteiger charge is 2.31. The third-order valence-electron chi connectivity index (χ3n) is 3.42. The van der Waals surface area contributed by atoms with Crippen LogP contribution in [0.5, 0.6) is 0 Å². The minimum absolute atomic E-state index is 0.518. The minimum Gasteiger partial charge on any atom is -0.307 e. The van der Waals surface area contributed by atoms with E-state index in [1.165, 1.54) is 24.1 Å². The summed E-state index contributed by atoms with van der Waals surface area (Å²) in [6, 6.07) is 5.60. The van der Waals surface area contributed by atoms with Crippen LogP contribution in [0.2, 0.25) is 0 Å². The molecule has 0 aliphatic heterocycles. The van der Waals surface area contributed by atoms with Crippen molar-refractivity contribution in [2.24, 2.45) is 5.41 Å². The fourth-order valence-corrected chi connectivity index (χ4v) is 3.30. The summed E-state index contributed by atoms with van der Waals surface area (Å²) in [6.45, 7) is 7.03. The Morgan fingerprint density at radius 3 is 2.87 bits per heavy atom. The Hall–Kier alpha value is -0.340. The Kier molecular flexibility index (Phi) is 3.17. The van der Waals surface area contributed by atoms with Gasteiger partial charge in [0.15, 0.2) is 0 Å². The Labute approximate surface area is 96.9 Å². The molecular weight excluding hydrogens is 202 g/mol. The van der Waals surface area contributed by atoms with E-state index in [1.807, 2.05) is 11.3 Å². The normalized spacial score (nSPS) is 26.7. The molecule has 2 atom stereocenters. The third kappa shape index (κ3) is 2.82. The van der Waals surface area contributed by atoms with E-state index >= 15 is 0 Å². The summed E-state index contributed by atoms with van der Waals surface area (Å²) < 4.78 is 0. The second-order valence-electron chi connectivity index (χ2n) is 5.51. The molecule has 1 N–H and O–H groups in total. The number of nitrogens with one attached hydrogen (secondary N) is 1. The first-order valence-corrected chi connectivity index (χ1v) is 6.74. The van der Waals surface area contributed by atoms with Crippen molar-refractivity contribution in [1.82, 2.24) is 5.32 Å². The Balaban J connectivity index is 1.88. The summed E-state index contributed by atoms with van der Waals surface area (Å²) in [5, 5.41) is 5.91. The van der Waals surface area contributed by atoms with Crippen LogP contribution >= 0.6 is 11.3 Å². The van der Waals surface area contributed by atoms with E-state index in [1.54, 1.807) is 0 Å². The van der Waals surface area contributed by atoms with Crippen molar-refractivity contribution in [2.45, 2.75) is 52.1 Å². The zero-order valence-electron chi connectivity index (χ0n) is 9.92. The van der Waals surface area contributed by atoms with Crippen LogP contribution in [-0.2, 0) is 0 Å². The Morgan fingerprint density at radius 2 is 2.33 bits per heavy atom. The van der Waals surface area contributed by atoms with Crippen LogP contribution in [-0.4, -0.2) is 6.04 Å². The van der Waals surface area contributed by atoms with Crippen molar-refractivity contribution in [3.63, 3.8) is 0 Å². The molecule has 1 heterocycles. The lowest BCUT2D eigenvalue weighted by Crippen LogP contribution is -2.29. The van der Waals surface area contributed by atoms with Crippen molar-refractivity contribution in [3.05, 3.63) is 22.4 Å². The summed E-state index contributed by atoms with van der Waals surface area (Å²) >= 11 is 1.85. The second-order valence-corrected chi connectivity index (χ2v) is 6.49. The second kappa shape index (κ2) is 4.26. The van der Waals surface area contributed by atoms with Gasteiger partial charge in [0.1, 0.15) is 0 Å². The van der Waals surface area contributed by atoms with Gasteiger partial charge in [-0.15, -0.1) is 11.3 Å². The van der Waals surface area contributed by atoms with E-state index in [4.69, 9.17) is 0 Å². The van der Waals surface area contributed by atoms with Gasteiger partial charge in [0, 0.05) is 17.0 Å². The lowest BCUT2D eigenvalue weighted by molar-refractivity contribution is 0.357. The fraction of sp³-hybridized carbons (Fsp3) is 0.692. The van der Waals surface area contributed by atoms with Gasteiger partial charge >= 0.3 is 0 Å². The first kappa shape index (κ1) is 11.2. The molecule has 0 amide bonds. The zero-order chi connectivity index (χ0) is 10.9. The summed E-state index contributed by atoms with van der Waals surface area (Å²) in [5.41, 5.74) is 0.548. The molecule has 84 valence electrons. The quantitative estimate of drug-likeness (QED) is 0.817. The maximum absolute atomic E-state index is 3.75. The van der Waals surface area contributed by atoms with E-state index in [-0.39, 0.29) is 0 Å². The predicted molar refractivity (Wildman–Crippen MR) is 67.3 cm³/mol. The molecule has 1 saturated carbocycles. The number of thiophene rings is 1. The molecule has 1 aromatic heterocycles. The highest BCUT2D eigenvalue weighted by Crippen LogP contribution is 2.37. The van der Waals surface area contributed by atoms with Crippen molar-refractivity contribution >= 4 is 11.3 Å². The van der Waals surface area contributed by atoms with Gasteiger partial charge in [0.25, 0.3) is 0 Å². The molecule has 0 spiro atoms. The van der Waals surface area contributed by atoms with Gasteiger partial charge < -0.3 is 5.32 Å². The predicted octanol–water partition coefficient (Wildman–Crippen LogP) is 3.98. The van der Waals surface area contributed by atoms with E-state index in [2.05, 4.69) is 43.6 Å². The average Bonchev–Trinajstić information content (AvgIpc) is 2.74. The summed E-state index contributed by atoms with van der Waals surface area (Å²) in [6.07, 6.45) is 4.02. The van der Waals surface area contributed by atoms with Gasteiger partial charge in [-0.3, -0.25) is 0 Å². The molecule has 0 saturated heterocycles. The molecule has 0 radical (unpaired) electrons. The van der Waals surface area contributed by atoms with Crippen LogP contribution in [0.15, 0.2) is 17.5 Å². The average molecular weight is 223 g/mol. The van der Waals surface area contributed by atoms with Gasteiger partial charge in [-0.1, -0.05) is 19.9 Å². The molecule has 2 rings (SSSR count). The van der Waals surface area contributed by atoms with E-state index in [0.717, 1.165) is 6.04 Å². The van der Waals surface area contributed by atoms with Crippen molar-refractivity contribution in [2.75, 3.05) is 0 Å². The van der Waals surface area contributed by atoms with Gasteiger partial charge in [0.05, 0.1) is 0 Å². The highest BCUT2D eigenvalue weighted by atomic mass is 32.1. The summed E-state index contributed by atoms with van der Waals surface area (Å²) in [5.74, 6) is 0. The maximum atomic E-state index is 3.75. The lowest BCUT2D eigenvalue weighted by atomic mass is 9.92. The highest BCUT2D eigenvalue weighted by molar-refractivity contribution is 7.10. The Morgan fingerprint density at radius 1 is 1.53 bits per heavy atom. The van der Waals surface area contributed by atoms with E-state index in [9.17, 15) is 0 Å². The van der Waals surface area contributed by atoms with E-state index in [0.29, 0.717) is 11.5 Å². The van der Waals surface area contributed by atoms with Crippen LogP contribution in [0.1, 0.15) is 51.0 Å². The molecule has 1 nitrogen and oxygen atoms in total. The smallest absolute Gasteiger partial charge is 0.0388 e. The van der Waals surface area contributed by atoms with Crippen molar-refractivity contribution < 1.29 is 0 Å². The monoisotopic (exact) mass is 223 g/mol. The SMILES string of the molecule is C[C@H](NC1CCC(C)(C)C1)c1cccs1. The standard InChI is InChI=1S/C13H21NS/c1-10(12-5-4-8-15-12)14-11-6-7-13(2,3)9-11/h4-5,8,10-11,14H,6-7,9H2,1-3H3/t10-,11?/m0/s1.